The lowest BCUT2D eigenvalue weighted by molar-refractivity contribution is -0.135. The molecular formula is C19H27N3O4. The summed E-state index contributed by atoms with van der Waals surface area (Å²) >= 11 is 0. The fourth-order valence-corrected chi connectivity index (χ4v) is 2.63. The Bertz CT molecular complexity index is 628. The van der Waals surface area contributed by atoms with Crippen LogP contribution in [0.5, 0.6) is 0 Å². The third kappa shape index (κ3) is 6.48. The second-order valence-electron chi connectivity index (χ2n) is 6.68. The fraction of sp³-hybridized carbons (Fsp3) is 0.526. The molecule has 1 aromatic rings. The highest BCUT2D eigenvalue weighted by Gasteiger charge is 2.19. The number of likely N-dealkylation sites (tertiary alicyclic amines) is 1. The summed E-state index contributed by atoms with van der Waals surface area (Å²) in [5, 5.41) is 0. The Labute approximate surface area is 154 Å². The van der Waals surface area contributed by atoms with Gasteiger partial charge in [-0.1, -0.05) is 18.6 Å². The van der Waals surface area contributed by atoms with Gasteiger partial charge in [0.1, 0.15) is 6.54 Å². The molecule has 0 aromatic heterocycles. The van der Waals surface area contributed by atoms with Crippen LogP contribution in [-0.4, -0.2) is 41.8 Å². The molecule has 0 radical (unpaired) electrons. The van der Waals surface area contributed by atoms with E-state index in [1.165, 1.54) is 4.90 Å². The summed E-state index contributed by atoms with van der Waals surface area (Å²) < 4.78 is 5.51. The van der Waals surface area contributed by atoms with Crippen LogP contribution in [0.15, 0.2) is 24.3 Å². The van der Waals surface area contributed by atoms with Gasteiger partial charge in [0.2, 0.25) is 5.91 Å². The lowest BCUT2D eigenvalue weighted by Gasteiger charge is -2.19. The van der Waals surface area contributed by atoms with Crippen molar-refractivity contribution in [2.24, 2.45) is 0 Å². The van der Waals surface area contributed by atoms with Crippen LogP contribution in [0.3, 0.4) is 0 Å². The van der Waals surface area contributed by atoms with Crippen LogP contribution >= 0.6 is 0 Å². The average molecular weight is 361 g/mol. The van der Waals surface area contributed by atoms with Gasteiger partial charge in [-0.15, -0.1) is 0 Å². The molecule has 1 aromatic carbocycles. The van der Waals surface area contributed by atoms with E-state index < -0.39 is 11.8 Å². The van der Waals surface area contributed by atoms with Crippen molar-refractivity contribution in [2.75, 3.05) is 13.1 Å². The van der Waals surface area contributed by atoms with Crippen LogP contribution < -0.4 is 10.9 Å². The summed E-state index contributed by atoms with van der Waals surface area (Å²) in [7, 11) is 0. The zero-order valence-corrected chi connectivity index (χ0v) is 15.4. The molecule has 1 saturated heterocycles. The van der Waals surface area contributed by atoms with Crippen molar-refractivity contribution < 1.29 is 19.1 Å². The SMILES string of the molecule is CC(C)OCc1ccc(C(=O)NNC(=O)CN2CCCCCC2=O)cc1. The maximum Gasteiger partial charge on any atom is 0.269 e. The first kappa shape index (κ1) is 19.9. The van der Waals surface area contributed by atoms with Crippen molar-refractivity contribution in [1.29, 1.82) is 0 Å². The minimum absolute atomic E-state index is 0.0109. The molecule has 2 rings (SSSR count). The van der Waals surface area contributed by atoms with Gasteiger partial charge in [0.15, 0.2) is 0 Å². The summed E-state index contributed by atoms with van der Waals surface area (Å²) in [6.45, 7) is 4.96. The van der Waals surface area contributed by atoms with Crippen LogP contribution in [0.25, 0.3) is 0 Å². The molecule has 1 fully saturated rings. The van der Waals surface area contributed by atoms with E-state index in [9.17, 15) is 14.4 Å². The van der Waals surface area contributed by atoms with Gasteiger partial charge in [0.05, 0.1) is 12.7 Å². The van der Waals surface area contributed by atoms with Crippen molar-refractivity contribution in [1.82, 2.24) is 15.8 Å². The molecule has 0 saturated carbocycles. The van der Waals surface area contributed by atoms with E-state index in [1.807, 2.05) is 26.0 Å². The Hall–Kier alpha value is -2.41. The van der Waals surface area contributed by atoms with Crippen molar-refractivity contribution >= 4 is 17.7 Å². The third-order valence-electron chi connectivity index (χ3n) is 4.12. The summed E-state index contributed by atoms with van der Waals surface area (Å²) in [5.41, 5.74) is 6.15. The van der Waals surface area contributed by atoms with E-state index in [1.54, 1.807) is 12.1 Å². The number of carbonyl (C=O) groups is 3. The molecule has 0 aliphatic carbocycles. The van der Waals surface area contributed by atoms with Gasteiger partial charge in [-0.05, 0) is 44.4 Å². The predicted molar refractivity (Wildman–Crippen MR) is 97.0 cm³/mol. The Morgan fingerprint density at radius 2 is 1.85 bits per heavy atom. The summed E-state index contributed by atoms with van der Waals surface area (Å²) in [6.07, 6.45) is 3.39. The first-order valence-corrected chi connectivity index (χ1v) is 9.03. The number of ether oxygens (including phenoxy) is 1. The maximum atomic E-state index is 12.1. The number of hydrazine groups is 1. The number of benzene rings is 1. The van der Waals surface area contributed by atoms with Crippen LogP contribution in [0.4, 0.5) is 0 Å². The summed E-state index contributed by atoms with van der Waals surface area (Å²) in [4.78, 5) is 37.5. The van der Waals surface area contributed by atoms with Crippen molar-refractivity contribution in [2.45, 2.75) is 52.2 Å². The van der Waals surface area contributed by atoms with E-state index in [4.69, 9.17) is 4.74 Å². The molecule has 1 aliphatic heterocycles. The normalized spacial score (nSPS) is 14.9. The molecule has 0 spiro atoms. The van der Waals surface area contributed by atoms with Gasteiger partial charge in [-0.2, -0.15) is 0 Å². The third-order valence-corrected chi connectivity index (χ3v) is 4.12. The van der Waals surface area contributed by atoms with Crippen LogP contribution in [0.1, 0.15) is 55.5 Å². The van der Waals surface area contributed by atoms with E-state index >= 15 is 0 Å². The molecule has 1 aliphatic rings. The van der Waals surface area contributed by atoms with E-state index in [0.717, 1.165) is 24.8 Å². The number of amides is 3. The van der Waals surface area contributed by atoms with Gasteiger partial charge < -0.3 is 9.64 Å². The number of carbonyl (C=O) groups excluding carboxylic acids is 3. The number of nitrogens with one attached hydrogen (secondary N) is 2. The molecule has 0 atom stereocenters. The second-order valence-corrected chi connectivity index (χ2v) is 6.68. The number of hydrogen-bond acceptors (Lipinski definition) is 4. The van der Waals surface area contributed by atoms with Crippen molar-refractivity contribution in [3.63, 3.8) is 0 Å². The molecule has 26 heavy (non-hydrogen) atoms. The first-order chi connectivity index (χ1) is 12.5. The minimum atomic E-state index is -0.407. The monoisotopic (exact) mass is 361 g/mol. The summed E-state index contributed by atoms with van der Waals surface area (Å²) in [6, 6.07) is 6.99. The highest BCUT2D eigenvalue weighted by atomic mass is 16.5. The highest BCUT2D eigenvalue weighted by molar-refractivity contribution is 5.95. The zero-order valence-electron chi connectivity index (χ0n) is 15.4. The van der Waals surface area contributed by atoms with Gasteiger partial charge in [-0.3, -0.25) is 25.2 Å². The van der Waals surface area contributed by atoms with E-state index in [0.29, 0.717) is 25.1 Å². The molecule has 1 heterocycles. The lowest BCUT2D eigenvalue weighted by atomic mass is 10.1. The first-order valence-electron chi connectivity index (χ1n) is 9.03. The van der Waals surface area contributed by atoms with E-state index in [-0.39, 0.29) is 18.6 Å². The van der Waals surface area contributed by atoms with Crippen LogP contribution in [-0.2, 0) is 20.9 Å². The molecule has 7 heteroatoms. The number of nitrogens with zero attached hydrogens (tertiary/aromatic N) is 1. The quantitative estimate of drug-likeness (QED) is 0.756. The Kier molecular flexibility index (Phi) is 7.59. The van der Waals surface area contributed by atoms with E-state index in [2.05, 4.69) is 10.9 Å². The predicted octanol–water partition coefficient (Wildman–Crippen LogP) is 1.78. The largest absolute Gasteiger partial charge is 0.374 e. The van der Waals surface area contributed by atoms with Crippen LogP contribution in [0.2, 0.25) is 0 Å². The van der Waals surface area contributed by atoms with Gasteiger partial charge in [0, 0.05) is 18.5 Å². The standard InChI is InChI=1S/C19H27N3O4/c1-14(2)26-13-15-7-9-16(10-8-15)19(25)21-20-17(23)12-22-11-5-3-4-6-18(22)24/h7-10,14H,3-6,11-13H2,1-2H3,(H,20,23)(H,21,25). The number of rotatable bonds is 6. The molecule has 3 amide bonds. The van der Waals surface area contributed by atoms with Crippen LogP contribution in [0, 0.1) is 0 Å². The van der Waals surface area contributed by atoms with Crippen molar-refractivity contribution in [3.8, 4) is 0 Å². The van der Waals surface area contributed by atoms with Crippen molar-refractivity contribution in [3.05, 3.63) is 35.4 Å². The Morgan fingerprint density at radius 1 is 1.12 bits per heavy atom. The molecule has 0 unspecified atom stereocenters. The second kappa shape index (κ2) is 9.91. The smallest absolute Gasteiger partial charge is 0.269 e. The fourth-order valence-electron chi connectivity index (χ4n) is 2.63. The average Bonchev–Trinajstić information content (AvgIpc) is 2.83. The van der Waals surface area contributed by atoms with Gasteiger partial charge in [-0.25, -0.2) is 0 Å². The van der Waals surface area contributed by atoms with Gasteiger partial charge >= 0.3 is 0 Å². The Morgan fingerprint density at radius 3 is 2.54 bits per heavy atom. The highest BCUT2D eigenvalue weighted by Crippen LogP contribution is 2.10. The molecular weight excluding hydrogens is 334 g/mol. The lowest BCUT2D eigenvalue weighted by Crippen LogP contribution is -2.47. The molecule has 2 N–H and O–H groups in total. The molecule has 7 nitrogen and oxygen atoms in total. The Balaban J connectivity index is 1.78. The number of hydrogen-bond donors (Lipinski definition) is 2. The molecule has 0 bridgehead atoms. The summed E-state index contributed by atoms with van der Waals surface area (Å²) in [5.74, 6) is -0.824. The zero-order chi connectivity index (χ0) is 18.9. The topological polar surface area (TPSA) is 87.7 Å². The minimum Gasteiger partial charge on any atom is -0.374 e. The van der Waals surface area contributed by atoms with Gasteiger partial charge in [0.25, 0.3) is 11.8 Å². The molecule has 142 valence electrons. The maximum absolute atomic E-state index is 12.1.